The molecule has 0 spiro atoms. The number of carbonyl (C=O) groups is 2. The third-order valence-corrected chi connectivity index (χ3v) is 6.14. The van der Waals surface area contributed by atoms with Crippen LogP contribution in [-0.4, -0.2) is 52.7 Å². The van der Waals surface area contributed by atoms with Gasteiger partial charge in [0.1, 0.15) is 5.75 Å². The highest BCUT2D eigenvalue weighted by atomic mass is 32.2. The Bertz CT molecular complexity index is 1030. The summed E-state index contributed by atoms with van der Waals surface area (Å²) in [5, 5.41) is 8.43. The zero-order chi connectivity index (χ0) is 21.6. The minimum absolute atomic E-state index is 0.0137. The number of ether oxygens (including phenoxy) is 1. The molecule has 0 N–H and O–H groups in total. The van der Waals surface area contributed by atoms with Crippen LogP contribution in [0.25, 0.3) is 11.5 Å². The number of Topliss-reactive ketones (excluding diaryl/α,β-unsaturated/α-hetero) is 1. The Labute approximate surface area is 184 Å². The smallest absolute Gasteiger partial charge is 0.277 e. The fraction of sp³-hybridized carbons (Fsp3) is 0.304. The van der Waals surface area contributed by atoms with Crippen LogP contribution in [0.3, 0.4) is 0 Å². The van der Waals surface area contributed by atoms with Crippen LogP contribution in [0.15, 0.2) is 64.2 Å². The predicted octanol–water partition coefficient (Wildman–Crippen LogP) is 3.96. The standard InChI is InChI=1S/C23H23N3O4S/c1-29-19-9-7-18(8-10-19)22-24-25-23(30-22)31-15-20(27)26-13-11-17(12-14-26)21(28)16-5-3-2-4-6-16/h2-10,17H,11-15H2,1H3. The molecule has 0 atom stereocenters. The van der Waals surface area contributed by atoms with E-state index in [4.69, 9.17) is 9.15 Å². The first-order valence-electron chi connectivity index (χ1n) is 10.1. The molecule has 1 amide bonds. The highest BCUT2D eigenvalue weighted by molar-refractivity contribution is 7.99. The van der Waals surface area contributed by atoms with Crippen LogP contribution < -0.4 is 4.74 Å². The third-order valence-electron chi connectivity index (χ3n) is 5.34. The van der Waals surface area contributed by atoms with Crippen LogP contribution in [-0.2, 0) is 4.79 Å². The molecular formula is C23H23N3O4S. The van der Waals surface area contributed by atoms with Crippen molar-refractivity contribution >= 4 is 23.5 Å². The SMILES string of the molecule is COc1ccc(-c2nnc(SCC(=O)N3CCC(C(=O)c4ccccc4)CC3)o2)cc1. The van der Waals surface area contributed by atoms with Crippen molar-refractivity contribution in [1.29, 1.82) is 0 Å². The maximum atomic E-state index is 12.6. The van der Waals surface area contributed by atoms with Gasteiger partial charge < -0.3 is 14.1 Å². The van der Waals surface area contributed by atoms with E-state index in [9.17, 15) is 9.59 Å². The van der Waals surface area contributed by atoms with Gasteiger partial charge in [0.15, 0.2) is 5.78 Å². The van der Waals surface area contributed by atoms with E-state index in [1.54, 1.807) is 7.11 Å². The number of methoxy groups -OCH3 is 1. The second-order valence-corrected chi connectivity index (χ2v) is 8.20. The number of thioether (sulfide) groups is 1. The topological polar surface area (TPSA) is 85.5 Å². The molecule has 160 valence electrons. The molecule has 1 aromatic heterocycles. The first kappa shape index (κ1) is 21.1. The number of rotatable bonds is 7. The molecule has 2 heterocycles. The van der Waals surface area contributed by atoms with Crippen molar-refractivity contribution in [3.8, 4) is 17.2 Å². The van der Waals surface area contributed by atoms with Crippen LogP contribution in [0.1, 0.15) is 23.2 Å². The van der Waals surface area contributed by atoms with Gasteiger partial charge in [0, 0.05) is 30.1 Å². The van der Waals surface area contributed by atoms with Crippen LogP contribution in [0.4, 0.5) is 0 Å². The summed E-state index contributed by atoms with van der Waals surface area (Å²) in [5.74, 6) is 1.53. The van der Waals surface area contributed by atoms with E-state index in [2.05, 4.69) is 10.2 Å². The molecule has 0 aliphatic carbocycles. The number of aromatic nitrogens is 2. The van der Waals surface area contributed by atoms with Gasteiger partial charge in [0.2, 0.25) is 11.8 Å². The molecule has 0 radical (unpaired) electrons. The lowest BCUT2D eigenvalue weighted by atomic mass is 9.89. The number of benzene rings is 2. The number of hydrogen-bond donors (Lipinski definition) is 0. The Balaban J connectivity index is 1.26. The number of ketones is 1. The maximum absolute atomic E-state index is 12.6. The molecule has 4 rings (SSSR count). The largest absolute Gasteiger partial charge is 0.497 e. The molecule has 1 fully saturated rings. The van der Waals surface area contributed by atoms with E-state index >= 15 is 0 Å². The van der Waals surface area contributed by atoms with Gasteiger partial charge in [0.25, 0.3) is 5.22 Å². The Kier molecular flexibility index (Phi) is 6.66. The molecule has 0 unspecified atom stereocenters. The Morgan fingerprint density at radius 3 is 2.45 bits per heavy atom. The van der Waals surface area contributed by atoms with Gasteiger partial charge in [-0.3, -0.25) is 9.59 Å². The second-order valence-electron chi connectivity index (χ2n) is 7.28. The predicted molar refractivity (Wildman–Crippen MR) is 117 cm³/mol. The van der Waals surface area contributed by atoms with Gasteiger partial charge in [-0.1, -0.05) is 42.1 Å². The monoisotopic (exact) mass is 437 g/mol. The quantitative estimate of drug-likeness (QED) is 0.408. The Morgan fingerprint density at radius 2 is 1.77 bits per heavy atom. The molecule has 0 bridgehead atoms. The molecule has 31 heavy (non-hydrogen) atoms. The minimum atomic E-state index is -0.0258. The Hall–Kier alpha value is -3.13. The fourth-order valence-corrected chi connectivity index (χ4v) is 4.23. The summed E-state index contributed by atoms with van der Waals surface area (Å²) in [4.78, 5) is 27.0. The summed E-state index contributed by atoms with van der Waals surface area (Å²) >= 11 is 1.23. The van der Waals surface area contributed by atoms with Gasteiger partial charge >= 0.3 is 0 Å². The van der Waals surface area contributed by atoms with Crippen molar-refractivity contribution in [2.45, 2.75) is 18.1 Å². The molecule has 8 heteroatoms. The number of nitrogens with zero attached hydrogens (tertiary/aromatic N) is 3. The van der Waals surface area contributed by atoms with Gasteiger partial charge in [0.05, 0.1) is 12.9 Å². The molecule has 1 aliphatic heterocycles. The minimum Gasteiger partial charge on any atom is -0.497 e. The molecular weight excluding hydrogens is 414 g/mol. The molecule has 2 aromatic carbocycles. The summed E-state index contributed by atoms with van der Waals surface area (Å²) in [5.41, 5.74) is 1.53. The zero-order valence-corrected chi connectivity index (χ0v) is 18.0. The number of likely N-dealkylation sites (tertiary alicyclic amines) is 1. The molecule has 7 nitrogen and oxygen atoms in total. The Morgan fingerprint density at radius 1 is 1.06 bits per heavy atom. The third kappa shape index (κ3) is 5.14. The summed E-state index contributed by atoms with van der Waals surface area (Å²) in [6.45, 7) is 1.17. The number of carbonyl (C=O) groups excluding carboxylic acids is 2. The van der Waals surface area contributed by atoms with Crippen molar-refractivity contribution in [3.05, 3.63) is 60.2 Å². The lowest BCUT2D eigenvalue weighted by Crippen LogP contribution is -2.41. The van der Waals surface area contributed by atoms with Crippen LogP contribution >= 0.6 is 11.8 Å². The fourth-order valence-electron chi connectivity index (χ4n) is 3.56. The first-order chi connectivity index (χ1) is 15.1. The molecule has 3 aromatic rings. The lowest BCUT2D eigenvalue weighted by molar-refractivity contribution is -0.129. The summed E-state index contributed by atoms with van der Waals surface area (Å²) in [7, 11) is 1.61. The average molecular weight is 438 g/mol. The second kappa shape index (κ2) is 9.78. The molecule has 0 saturated carbocycles. The van der Waals surface area contributed by atoms with Gasteiger partial charge in [-0.25, -0.2) is 0 Å². The van der Waals surface area contributed by atoms with Gasteiger partial charge in [-0.05, 0) is 37.1 Å². The average Bonchev–Trinajstić information content (AvgIpc) is 3.32. The summed E-state index contributed by atoms with van der Waals surface area (Å²) in [6, 6.07) is 16.7. The van der Waals surface area contributed by atoms with E-state index in [-0.39, 0.29) is 23.4 Å². The van der Waals surface area contributed by atoms with Gasteiger partial charge in [-0.2, -0.15) is 0 Å². The zero-order valence-electron chi connectivity index (χ0n) is 17.2. The lowest BCUT2D eigenvalue weighted by Gasteiger charge is -2.31. The number of piperidine rings is 1. The van der Waals surface area contributed by atoms with Crippen molar-refractivity contribution in [2.24, 2.45) is 5.92 Å². The number of amides is 1. The van der Waals surface area contributed by atoms with Crippen LogP contribution in [0.2, 0.25) is 0 Å². The van der Waals surface area contributed by atoms with Crippen molar-refractivity contribution < 1.29 is 18.7 Å². The highest BCUT2D eigenvalue weighted by Gasteiger charge is 2.28. The van der Waals surface area contributed by atoms with Crippen molar-refractivity contribution in [3.63, 3.8) is 0 Å². The maximum Gasteiger partial charge on any atom is 0.277 e. The van der Waals surface area contributed by atoms with E-state index in [0.29, 0.717) is 37.0 Å². The van der Waals surface area contributed by atoms with Gasteiger partial charge in [-0.15, -0.1) is 10.2 Å². The summed E-state index contributed by atoms with van der Waals surface area (Å²) < 4.78 is 10.8. The number of hydrogen-bond acceptors (Lipinski definition) is 7. The summed E-state index contributed by atoms with van der Waals surface area (Å²) in [6.07, 6.45) is 1.37. The van der Waals surface area contributed by atoms with Crippen LogP contribution in [0.5, 0.6) is 5.75 Å². The van der Waals surface area contributed by atoms with Crippen LogP contribution in [0, 0.1) is 5.92 Å². The van der Waals surface area contributed by atoms with E-state index < -0.39 is 0 Å². The van der Waals surface area contributed by atoms with Crippen molar-refractivity contribution in [2.75, 3.05) is 26.0 Å². The molecule has 1 aliphatic rings. The van der Waals surface area contributed by atoms with E-state index in [0.717, 1.165) is 16.9 Å². The van der Waals surface area contributed by atoms with E-state index in [1.165, 1.54) is 11.8 Å². The highest BCUT2D eigenvalue weighted by Crippen LogP contribution is 2.26. The first-order valence-corrected chi connectivity index (χ1v) is 11.1. The normalized spacial score (nSPS) is 14.4. The van der Waals surface area contributed by atoms with E-state index in [1.807, 2.05) is 59.5 Å². The molecule has 1 saturated heterocycles. The van der Waals surface area contributed by atoms with Crippen molar-refractivity contribution in [1.82, 2.24) is 15.1 Å².